The van der Waals surface area contributed by atoms with Crippen molar-refractivity contribution in [3.05, 3.63) is 46.1 Å². The van der Waals surface area contributed by atoms with Crippen LogP contribution in [0.15, 0.2) is 30.5 Å². The molecule has 1 aromatic heterocycles. The average Bonchev–Trinajstić information content (AvgIpc) is 3.18. The van der Waals surface area contributed by atoms with Gasteiger partial charge in [0.1, 0.15) is 5.82 Å². The summed E-state index contributed by atoms with van der Waals surface area (Å²) in [5.74, 6) is 0.973. The van der Waals surface area contributed by atoms with Gasteiger partial charge in [0.25, 0.3) is 5.91 Å². The Labute approximate surface area is 171 Å². The summed E-state index contributed by atoms with van der Waals surface area (Å²) < 4.78 is 10.6. The molecule has 28 heavy (non-hydrogen) atoms. The molecule has 7 nitrogen and oxygen atoms in total. The zero-order valence-electron chi connectivity index (χ0n) is 14.8. The van der Waals surface area contributed by atoms with E-state index >= 15 is 0 Å². The maximum Gasteiger partial charge on any atom is 0.254 e. The number of carbonyl (C=O) groups is 2. The first-order valence-corrected chi connectivity index (χ1v) is 9.57. The van der Waals surface area contributed by atoms with Crippen LogP contribution >= 0.6 is 23.2 Å². The standard InChI is InChI=1S/C19H17Cl2N3O4/c20-13-1-2-16(22-9-13)23-18(25)11-3-5-24(6-4-11)19(26)12-7-14(21)17-15(8-12)27-10-28-17/h1-2,7-9,11H,3-6,10H2,(H,22,23,25). The lowest BCUT2D eigenvalue weighted by Gasteiger charge is -2.31. The zero-order chi connectivity index (χ0) is 19.7. The molecule has 9 heteroatoms. The molecule has 0 bridgehead atoms. The second-order valence-corrected chi connectivity index (χ2v) is 7.45. The predicted molar refractivity (Wildman–Crippen MR) is 104 cm³/mol. The number of rotatable bonds is 3. The second kappa shape index (κ2) is 7.85. The molecular weight excluding hydrogens is 405 g/mol. The molecule has 4 rings (SSSR count). The predicted octanol–water partition coefficient (Wildman–Crippen LogP) is 3.61. The highest BCUT2D eigenvalue weighted by Crippen LogP contribution is 2.40. The molecule has 0 aliphatic carbocycles. The number of fused-ring (bicyclic) bond motifs is 1. The Bertz CT molecular complexity index is 912. The Balaban J connectivity index is 1.36. The number of aromatic nitrogens is 1. The van der Waals surface area contributed by atoms with Crippen molar-refractivity contribution in [2.45, 2.75) is 12.8 Å². The number of carbonyl (C=O) groups excluding carboxylic acids is 2. The average molecular weight is 422 g/mol. The van der Waals surface area contributed by atoms with Crippen LogP contribution in [0.2, 0.25) is 10.0 Å². The molecule has 1 aromatic carbocycles. The minimum Gasteiger partial charge on any atom is -0.454 e. The van der Waals surface area contributed by atoms with Crippen LogP contribution in [0.1, 0.15) is 23.2 Å². The largest absolute Gasteiger partial charge is 0.454 e. The van der Waals surface area contributed by atoms with Gasteiger partial charge in [-0.15, -0.1) is 0 Å². The van der Waals surface area contributed by atoms with Crippen LogP contribution in [0.4, 0.5) is 5.82 Å². The molecule has 1 N–H and O–H groups in total. The van der Waals surface area contributed by atoms with Gasteiger partial charge in [0.15, 0.2) is 11.5 Å². The molecule has 2 aliphatic heterocycles. The monoisotopic (exact) mass is 421 g/mol. The van der Waals surface area contributed by atoms with Crippen LogP contribution in [0.25, 0.3) is 0 Å². The molecular formula is C19H17Cl2N3O4. The quantitative estimate of drug-likeness (QED) is 0.818. The number of hydrogen-bond acceptors (Lipinski definition) is 5. The Kier molecular flexibility index (Phi) is 5.28. The summed E-state index contributed by atoms with van der Waals surface area (Å²) in [4.78, 5) is 31.0. The minimum absolute atomic E-state index is 0.0929. The summed E-state index contributed by atoms with van der Waals surface area (Å²) in [6.45, 7) is 1.06. The van der Waals surface area contributed by atoms with Gasteiger partial charge in [-0.25, -0.2) is 4.98 Å². The topological polar surface area (TPSA) is 80.8 Å². The van der Waals surface area contributed by atoms with E-state index in [1.165, 1.54) is 6.20 Å². The van der Waals surface area contributed by atoms with Crippen molar-refractivity contribution < 1.29 is 19.1 Å². The lowest BCUT2D eigenvalue weighted by atomic mass is 9.95. The van der Waals surface area contributed by atoms with Gasteiger partial charge in [0.2, 0.25) is 12.7 Å². The van der Waals surface area contributed by atoms with E-state index in [9.17, 15) is 9.59 Å². The normalized spacial score (nSPS) is 16.1. The molecule has 2 amide bonds. The molecule has 0 radical (unpaired) electrons. The van der Waals surface area contributed by atoms with Crippen molar-refractivity contribution >= 4 is 40.8 Å². The highest BCUT2D eigenvalue weighted by Gasteiger charge is 2.29. The molecule has 1 fully saturated rings. The van der Waals surface area contributed by atoms with Gasteiger partial charge in [-0.1, -0.05) is 23.2 Å². The zero-order valence-corrected chi connectivity index (χ0v) is 16.3. The summed E-state index contributed by atoms with van der Waals surface area (Å²) in [6.07, 6.45) is 2.63. The Morgan fingerprint density at radius 2 is 1.93 bits per heavy atom. The Morgan fingerprint density at radius 3 is 2.64 bits per heavy atom. The van der Waals surface area contributed by atoms with Gasteiger partial charge in [-0.2, -0.15) is 0 Å². The summed E-state index contributed by atoms with van der Waals surface area (Å²) in [7, 11) is 0. The van der Waals surface area contributed by atoms with Crippen LogP contribution in [0.3, 0.4) is 0 Å². The van der Waals surface area contributed by atoms with Crippen molar-refractivity contribution in [3.8, 4) is 11.5 Å². The van der Waals surface area contributed by atoms with E-state index in [1.807, 2.05) is 0 Å². The lowest BCUT2D eigenvalue weighted by molar-refractivity contribution is -0.121. The van der Waals surface area contributed by atoms with Crippen molar-refractivity contribution in [1.29, 1.82) is 0 Å². The lowest BCUT2D eigenvalue weighted by Crippen LogP contribution is -2.41. The maximum absolute atomic E-state index is 12.8. The first kappa shape index (κ1) is 18.8. The first-order chi connectivity index (χ1) is 13.5. The number of anilines is 1. The molecule has 2 aromatic rings. The van der Waals surface area contributed by atoms with Crippen molar-refractivity contribution in [1.82, 2.24) is 9.88 Å². The van der Waals surface area contributed by atoms with Gasteiger partial charge in [0, 0.05) is 30.8 Å². The third-order valence-corrected chi connectivity index (χ3v) is 5.31. The summed E-state index contributed by atoms with van der Waals surface area (Å²) in [5.41, 5.74) is 0.447. The van der Waals surface area contributed by atoms with E-state index in [-0.39, 0.29) is 24.5 Å². The molecule has 146 valence electrons. The third kappa shape index (κ3) is 3.86. The number of nitrogens with zero attached hydrogens (tertiary/aromatic N) is 2. The number of halogens is 2. The molecule has 0 saturated carbocycles. The summed E-state index contributed by atoms with van der Waals surface area (Å²) >= 11 is 12.0. The smallest absolute Gasteiger partial charge is 0.254 e. The second-order valence-electron chi connectivity index (χ2n) is 6.61. The third-order valence-electron chi connectivity index (χ3n) is 4.81. The number of likely N-dealkylation sites (tertiary alicyclic amines) is 1. The fourth-order valence-corrected chi connectivity index (χ4v) is 3.67. The molecule has 3 heterocycles. The fraction of sp³-hybridized carbons (Fsp3) is 0.316. The minimum atomic E-state index is -0.179. The van der Waals surface area contributed by atoms with E-state index in [0.29, 0.717) is 58.9 Å². The van der Waals surface area contributed by atoms with Gasteiger partial charge in [0.05, 0.1) is 10.0 Å². The van der Waals surface area contributed by atoms with Crippen LogP contribution in [0.5, 0.6) is 11.5 Å². The van der Waals surface area contributed by atoms with Crippen LogP contribution < -0.4 is 14.8 Å². The Hall–Kier alpha value is -2.51. The highest BCUT2D eigenvalue weighted by molar-refractivity contribution is 6.32. The van der Waals surface area contributed by atoms with Crippen LogP contribution in [0, 0.1) is 5.92 Å². The summed E-state index contributed by atoms with van der Waals surface area (Å²) in [5, 5.41) is 3.65. The van der Waals surface area contributed by atoms with Crippen molar-refractivity contribution in [2.75, 3.05) is 25.2 Å². The van der Waals surface area contributed by atoms with Gasteiger partial charge in [-0.3, -0.25) is 9.59 Å². The maximum atomic E-state index is 12.8. The molecule has 0 atom stereocenters. The molecule has 1 saturated heterocycles. The number of nitrogens with one attached hydrogen (secondary N) is 1. The number of pyridine rings is 1. The Morgan fingerprint density at radius 1 is 1.14 bits per heavy atom. The number of piperidine rings is 1. The first-order valence-electron chi connectivity index (χ1n) is 8.82. The van der Waals surface area contributed by atoms with E-state index in [2.05, 4.69) is 10.3 Å². The highest BCUT2D eigenvalue weighted by atomic mass is 35.5. The van der Waals surface area contributed by atoms with Crippen LogP contribution in [-0.2, 0) is 4.79 Å². The van der Waals surface area contributed by atoms with Gasteiger partial charge >= 0.3 is 0 Å². The number of benzene rings is 1. The SMILES string of the molecule is O=C(Nc1ccc(Cl)cn1)C1CCN(C(=O)c2cc(Cl)c3c(c2)OCO3)CC1. The number of hydrogen-bond donors (Lipinski definition) is 1. The van der Waals surface area contributed by atoms with Crippen molar-refractivity contribution in [3.63, 3.8) is 0 Å². The van der Waals surface area contributed by atoms with E-state index in [0.717, 1.165) is 0 Å². The van der Waals surface area contributed by atoms with Gasteiger partial charge in [-0.05, 0) is 37.1 Å². The van der Waals surface area contributed by atoms with E-state index in [4.69, 9.17) is 32.7 Å². The van der Waals surface area contributed by atoms with E-state index < -0.39 is 0 Å². The molecule has 0 spiro atoms. The van der Waals surface area contributed by atoms with Gasteiger partial charge < -0.3 is 19.7 Å². The molecule has 0 unspecified atom stereocenters. The number of ether oxygens (including phenoxy) is 2. The van der Waals surface area contributed by atoms with E-state index in [1.54, 1.807) is 29.2 Å². The molecule has 2 aliphatic rings. The van der Waals surface area contributed by atoms with Crippen LogP contribution in [-0.4, -0.2) is 41.6 Å². The fourth-order valence-electron chi connectivity index (χ4n) is 3.30. The summed E-state index contributed by atoms with van der Waals surface area (Å²) in [6, 6.07) is 6.55. The van der Waals surface area contributed by atoms with Crippen molar-refractivity contribution in [2.24, 2.45) is 5.92 Å². The number of amides is 2.